The lowest BCUT2D eigenvalue weighted by Crippen LogP contribution is -2.54. The molecular formula is C19H18N2O3. The summed E-state index contributed by atoms with van der Waals surface area (Å²) in [7, 11) is 0. The lowest BCUT2D eigenvalue weighted by atomic mass is 9.80. The average Bonchev–Trinajstić information content (AvgIpc) is 2.80. The highest BCUT2D eigenvalue weighted by Gasteiger charge is 2.44. The largest absolute Gasteiger partial charge is 0.490 e. The van der Waals surface area contributed by atoms with Gasteiger partial charge in [-0.25, -0.2) is 0 Å². The molecule has 2 heterocycles. The number of anilines is 1. The van der Waals surface area contributed by atoms with E-state index in [1.54, 1.807) is 0 Å². The minimum Gasteiger partial charge on any atom is -0.490 e. The van der Waals surface area contributed by atoms with Crippen molar-refractivity contribution in [1.82, 2.24) is 5.32 Å². The number of carbonyl (C=O) groups is 2. The SMILES string of the molecule is O=C1CCC2(CNc3ccc(-c4ccccc4)cc3OC2)C(=O)N1. The smallest absolute Gasteiger partial charge is 0.238 e. The normalized spacial score (nSPS) is 22.8. The van der Waals surface area contributed by atoms with Crippen LogP contribution < -0.4 is 15.4 Å². The number of hydrogen-bond acceptors (Lipinski definition) is 4. The zero-order chi connectivity index (χ0) is 16.6. The highest BCUT2D eigenvalue weighted by atomic mass is 16.5. The summed E-state index contributed by atoms with van der Waals surface area (Å²) in [5, 5.41) is 5.75. The van der Waals surface area contributed by atoms with Gasteiger partial charge in [-0.1, -0.05) is 36.4 Å². The van der Waals surface area contributed by atoms with E-state index in [1.807, 2.05) is 48.5 Å². The predicted molar refractivity (Wildman–Crippen MR) is 90.7 cm³/mol. The fourth-order valence-corrected chi connectivity index (χ4v) is 3.22. The van der Waals surface area contributed by atoms with Crippen LogP contribution in [0.2, 0.25) is 0 Å². The van der Waals surface area contributed by atoms with Crippen molar-refractivity contribution in [2.75, 3.05) is 18.5 Å². The summed E-state index contributed by atoms with van der Waals surface area (Å²) in [6, 6.07) is 16.1. The van der Waals surface area contributed by atoms with Crippen LogP contribution in [-0.4, -0.2) is 25.0 Å². The molecule has 2 aromatic carbocycles. The number of fused-ring (bicyclic) bond motifs is 1. The van der Waals surface area contributed by atoms with Crippen molar-refractivity contribution in [3.8, 4) is 16.9 Å². The summed E-state index contributed by atoms with van der Waals surface area (Å²) >= 11 is 0. The van der Waals surface area contributed by atoms with Crippen LogP contribution >= 0.6 is 0 Å². The summed E-state index contributed by atoms with van der Waals surface area (Å²) in [6.45, 7) is 0.730. The number of nitrogens with one attached hydrogen (secondary N) is 2. The molecule has 0 saturated carbocycles. The van der Waals surface area contributed by atoms with Gasteiger partial charge < -0.3 is 10.1 Å². The zero-order valence-corrected chi connectivity index (χ0v) is 13.2. The standard InChI is InChI=1S/C19H18N2O3/c22-17-8-9-19(18(23)21-17)11-20-15-7-6-14(10-16(15)24-12-19)13-4-2-1-3-5-13/h1-7,10,20H,8-9,11-12H2,(H,21,22,23). The third kappa shape index (κ3) is 2.52. The van der Waals surface area contributed by atoms with Crippen LogP contribution in [0, 0.1) is 5.41 Å². The number of amides is 2. The highest BCUT2D eigenvalue weighted by Crippen LogP contribution is 2.38. The molecule has 4 rings (SSSR count). The Labute approximate surface area is 140 Å². The molecule has 5 nitrogen and oxygen atoms in total. The number of benzene rings is 2. The molecule has 24 heavy (non-hydrogen) atoms. The molecule has 2 aromatic rings. The van der Waals surface area contributed by atoms with Crippen molar-refractivity contribution in [3.05, 3.63) is 48.5 Å². The Morgan fingerprint density at radius 3 is 2.62 bits per heavy atom. The molecule has 2 aliphatic heterocycles. The summed E-state index contributed by atoms with van der Waals surface area (Å²) < 4.78 is 5.97. The van der Waals surface area contributed by atoms with Crippen LogP contribution in [0.3, 0.4) is 0 Å². The number of rotatable bonds is 1. The van der Waals surface area contributed by atoms with Crippen molar-refractivity contribution < 1.29 is 14.3 Å². The molecule has 2 amide bonds. The first-order chi connectivity index (χ1) is 11.7. The van der Waals surface area contributed by atoms with E-state index in [-0.39, 0.29) is 18.4 Å². The maximum atomic E-state index is 12.3. The van der Waals surface area contributed by atoms with Gasteiger partial charge >= 0.3 is 0 Å². The number of carbonyl (C=O) groups excluding carboxylic acids is 2. The molecule has 1 atom stereocenters. The molecule has 2 aliphatic rings. The minimum atomic E-state index is -0.695. The van der Waals surface area contributed by atoms with Gasteiger partial charge in [0, 0.05) is 13.0 Å². The van der Waals surface area contributed by atoms with E-state index in [0.29, 0.717) is 19.4 Å². The maximum absolute atomic E-state index is 12.3. The Balaban J connectivity index is 1.62. The fraction of sp³-hybridized carbons (Fsp3) is 0.263. The van der Waals surface area contributed by atoms with E-state index in [4.69, 9.17) is 4.74 Å². The second-order valence-electron chi connectivity index (χ2n) is 6.38. The molecule has 0 aliphatic carbocycles. The molecular weight excluding hydrogens is 304 g/mol. The van der Waals surface area contributed by atoms with Crippen molar-refractivity contribution in [2.24, 2.45) is 5.41 Å². The van der Waals surface area contributed by atoms with E-state index < -0.39 is 5.41 Å². The zero-order valence-electron chi connectivity index (χ0n) is 13.2. The van der Waals surface area contributed by atoms with Gasteiger partial charge in [-0.2, -0.15) is 0 Å². The molecule has 0 radical (unpaired) electrons. The maximum Gasteiger partial charge on any atom is 0.238 e. The molecule has 1 unspecified atom stereocenters. The lowest BCUT2D eigenvalue weighted by molar-refractivity contribution is -0.142. The Morgan fingerprint density at radius 2 is 1.83 bits per heavy atom. The number of imide groups is 1. The van der Waals surface area contributed by atoms with Gasteiger partial charge in [-0.15, -0.1) is 0 Å². The molecule has 0 aromatic heterocycles. The molecule has 1 fully saturated rings. The third-order valence-corrected chi connectivity index (χ3v) is 4.78. The van der Waals surface area contributed by atoms with Gasteiger partial charge in [0.05, 0.1) is 5.69 Å². The molecule has 0 bridgehead atoms. The van der Waals surface area contributed by atoms with Crippen LogP contribution in [0.15, 0.2) is 48.5 Å². The second-order valence-corrected chi connectivity index (χ2v) is 6.38. The van der Waals surface area contributed by atoms with Gasteiger partial charge in [0.2, 0.25) is 11.8 Å². The van der Waals surface area contributed by atoms with Crippen molar-refractivity contribution in [2.45, 2.75) is 12.8 Å². The second kappa shape index (κ2) is 5.67. The van der Waals surface area contributed by atoms with E-state index in [9.17, 15) is 9.59 Å². The average molecular weight is 322 g/mol. The lowest BCUT2D eigenvalue weighted by Gasteiger charge is -2.33. The van der Waals surface area contributed by atoms with Crippen molar-refractivity contribution in [1.29, 1.82) is 0 Å². The summed E-state index contributed by atoms with van der Waals surface area (Å²) in [5.41, 5.74) is 2.36. The van der Waals surface area contributed by atoms with Crippen molar-refractivity contribution >= 4 is 17.5 Å². The number of hydrogen-bond donors (Lipinski definition) is 2. The van der Waals surface area contributed by atoms with Crippen LogP contribution in [0.4, 0.5) is 5.69 Å². The first-order valence-electron chi connectivity index (χ1n) is 8.07. The first kappa shape index (κ1) is 14.8. The first-order valence-corrected chi connectivity index (χ1v) is 8.07. The number of ether oxygens (including phenoxy) is 1. The number of piperidine rings is 1. The van der Waals surface area contributed by atoms with Gasteiger partial charge in [-0.3, -0.25) is 14.9 Å². The fourth-order valence-electron chi connectivity index (χ4n) is 3.22. The predicted octanol–water partition coefficient (Wildman–Crippen LogP) is 2.58. The third-order valence-electron chi connectivity index (χ3n) is 4.78. The van der Waals surface area contributed by atoms with E-state index in [1.165, 1.54) is 0 Å². The van der Waals surface area contributed by atoms with Gasteiger partial charge in [0.25, 0.3) is 0 Å². The van der Waals surface area contributed by atoms with Crippen molar-refractivity contribution in [3.63, 3.8) is 0 Å². The van der Waals surface area contributed by atoms with Gasteiger partial charge in [-0.05, 0) is 29.7 Å². The Bertz CT molecular complexity index is 804. The Kier molecular flexibility index (Phi) is 3.49. The Hall–Kier alpha value is -2.82. The van der Waals surface area contributed by atoms with E-state index >= 15 is 0 Å². The summed E-state index contributed by atoms with van der Waals surface area (Å²) in [5.74, 6) is 0.277. The molecule has 2 N–H and O–H groups in total. The molecule has 5 heteroatoms. The van der Waals surface area contributed by atoms with Crippen LogP contribution in [0.5, 0.6) is 5.75 Å². The highest BCUT2D eigenvalue weighted by molar-refractivity contribution is 6.01. The Morgan fingerprint density at radius 1 is 1.00 bits per heavy atom. The topological polar surface area (TPSA) is 67.4 Å². The van der Waals surface area contributed by atoms with Gasteiger partial charge in [0.15, 0.2) is 0 Å². The van der Waals surface area contributed by atoms with Crippen LogP contribution in [0.1, 0.15) is 12.8 Å². The van der Waals surface area contributed by atoms with Crippen LogP contribution in [-0.2, 0) is 9.59 Å². The van der Waals surface area contributed by atoms with E-state index in [0.717, 1.165) is 22.6 Å². The molecule has 122 valence electrons. The quantitative estimate of drug-likeness (QED) is 0.792. The van der Waals surface area contributed by atoms with Crippen LogP contribution in [0.25, 0.3) is 11.1 Å². The summed E-state index contributed by atoms with van der Waals surface area (Å²) in [4.78, 5) is 23.7. The van der Waals surface area contributed by atoms with E-state index in [2.05, 4.69) is 10.6 Å². The molecule has 1 saturated heterocycles. The monoisotopic (exact) mass is 322 g/mol. The summed E-state index contributed by atoms with van der Waals surface area (Å²) in [6.07, 6.45) is 0.854. The molecule has 1 spiro atoms. The minimum absolute atomic E-state index is 0.209. The van der Waals surface area contributed by atoms with Gasteiger partial charge in [0.1, 0.15) is 17.8 Å².